The highest BCUT2D eigenvalue weighted by Gasteiger charge is 2.41. The van der Waals surface area contributed by atoms with Crippen molar-refractivity contribution in [1.29, 1.82) is 0 Å². The number of pyridine rings is 9. The normalized spacial score (nSPS) is 12.8. The van der Waals surface area contributed by atoms with Gasteiger partial charge in [0.15, 0.2) is 33.8 Å². The number of aliphatic hydroxyl groups is 3. The summed E-state index contributed by atoms with van der Waals surface area (Å²) < 4.78 is 62.6. The topological polar surface area (TPSA) is 426 Å². The lowest BCUT2D eigenvalue weighted by Gasteiger charge is -2.38. The Labute approximate surface area is 942 Å². The summed E-state index contributed by atoms with van der Waals surface area (Å²) in [7, 11) is -4.12. The van der Waals surface area contributed by atoms with E-state index in [0.29, 0.717) is 57.8 Å². The van der Waals surface area contributed by atoms with Crippen molar-refractivity contribution in [3.63, 3.8) is 0 Å². The predicted molar refractivity (Wildman–Crippen MR) is 597 cm³/mol. The summed E-state index contributed by atoms with van der Waals surface area (Å²) in [6.45, 7) is 45.1. The number of halogens is 17. The molecule has 0 saturated carbocycles. The molecule has 0 bridgehead atoms. The number of aliphatic imine (C=N–C) groups is 1. The second kappa shape index (κ2) is 56.7. The Bertz CT molecular complexity index is 7110. The molecular weight excluding hydrogens is 2300 g/mol. The zero-order valence-corrected chi connectivity index (χ0v) is 98.8. The van der Waals surface area contributed by atoms with Crippen molar-refractivity contribution in [1.82, 2.24) is 43.6 Å². The van der Waals surface area contributed by atoms with Crippen molar-refractivity contribution in [2.24, 2.45) is 28.7 Å². The number of benzene rings is 2. The first-order chi connectivity index (χ1) is 69.6. The average molecular weight is 2410 g/mol. The fourth-order valence-electron chi connectivity index (χ4n) is 13.4. The van der Waals surface area contributed by atoms with E-state index < -0.39 is 109 Å². The van der Waals surface area contributed by atoms with Gasteiger partial charge in [-0.3, -0.25) is 19.4 Å². The van der Waals surface area contributed by atoms with Crippen molar-refractivity contribution in [2.75, 3.05) is 46.2 Å². The molecule has 9 aromatic heterocycles. The van der Waals surface area contributed by atoms with E-state index in [1.54, 1.807) is 74.7 Å². The van der Waals surface area contributed by atoms with Crippen LogP contribution in [0.2, 0.25) is 112 Å². The van der Waals surface area contributed by atoms with Crippen LogP contribution in [0.25, 0.3) is 38.9 Å². The summed E-state index contributed by atoms with van der Waals surface area (Å²) >= 11 is 87.2. The van der Waals surface area contributed by atoms with Crippen molar-refractivity contribution in [3.8, 4) is 0 Å². The molecule has 0 aliphatic carbocycles. The number of carboxylic acid groups (broad SMARTS) is 3. The number of aromatic carboxylic acids is 3. The van der Waals surface area contributed by atoms with Crippen LogP contribution in [-0.2, 0) is 40.7 Å². The molecule has 150 heavy (non-hydrogen) atoms. The van der Waals surface area contributed by atoms with Gasteiger partial charge < -0.3 is 67.4 Å². The first-order valence-corrected chi connectivity index (χ1v) is 57.6. The molecule has 11 aromatic rings. The molecule has 30 nitrogen and oxygen atoms in total. The Morgan fingerprint density at radius 3 is 1.21 bits per heavy atom. The van der Waals surface area contributed by atoms with Crippen LogP contribution in [0.5, 0.6) is 0 Å². The van der Waals surface area contributed by atoms with Crippen molar-refractivity contribution in [3.05, 3.63) is 271 Å². The van der Waals surface area contributed by atoms with Crippen LogP contribution in [0.1, 0.15) is 222 Å². The number of esters is 3. The summed E-state index contributed by atoms with van der Waals surface area (Å²) in [5.74, 6) is -7.62. The molecule has 49 heteroatoms. The zero-order valence-electron chi connectivity index (χ0n) is 85.4. The van der Waals surface area contributed by atoms with Crippen LogP contribution in [0.15, 0.2) is 110 Å². The number of carboxylic acids is 3. The molecule has 814 valence electrons. The molecule has 4 atom stereocenters. The highest BCUT2D eigenvalue weighted by molar-refractivity contribution is 6.74. The molecule has 0 amide bonds. The number of fused-ring (bicyclic) bond motifs is 3. The fraction of sp³-hybridized carbons (Fsp3) is 0.406. The SMILES string of the molecule is CCOC(=O)C(C=N[C@H](CO)C(C)C)=C(O)c1nc(Cl)c(Cl)cc1Cl.CCOC(=O)c1cn([C@H](CO[Si](C)(C)C(C)(C)C)C(C)C)c2cc(Cl)c(Cc3cccc(Cl)c3F)nc2c1=O.CCOC(=O)c1cn([C@H](CO[Si](C)(C)C(C)(C)C)C(C)C)c2cc(Cl)c(Cl)nc2c1=O.Cc1cc2c(nc1Cc1cccc(Cl)c1F)c(=O)c(C(=O)O)cn2[C@H](CO)C(C)C.O=C(O)c1nc(Cl)c(Cl)c(Cl)c1Cl.O=C(O)c1nc(Cl)c(Cl)cc1Cl. The third-order valence-electron chi connectivity index (χ3n) is 24.2. The third-order valence-corrected chi connectivity index (χ3v) is 38.3. The van der Waals surface area contributed by atoms with E-state index in [0.717, 1.165) is 6.21 Å². The monoisotopic (exact) mass is 2400 g/mol. The predicted octanol–water partition coefficient (Wildman–Crippen LogP) is 28.0. The molecule has 0 fully saturated rings. The number of aryl methyl sites for hydroxylation is 1. The largest absolute Gasteiger partial charge is 0.505 e. The van der Waals surface area contributed by atoms with Gasteiger partial charge in [0.2, 0.25) is 16.3 Å². The van der Waals surface area contributed by atoms with Gasteiger partial charge in [-0.25, -0.2) is 67.5 Å². The second-order valence-corrected chi connectivity index (χ2v) is 53.3. The standard InChI is InChI=1S/C29H37Cl2FN2O4Si.C22H32Cl2N2O4Si.C22H22ClFN2O4.C16H19Cl3N2O4.C6HCl4NO2.C6H2Cl3NO2/c1-9-37-28(36)19-15-34(24(17(2)3)16-38-39(7,8)29(4,5)6)23-14-21(31)22(33-26(23)27(19)35)13-18-11-10-12-20(30)25(18)32;1-9-29-21(28)14-11-26(16-10-15(23)20(24)25-18(16)19(14)27)17(13(2)3)12-30-31(7,8)22(4,5)6;1-11(2)18(10-27)26-9-14(22(29)30)21(28)20-17(26)7-12(3)16(25-20)8-13-5-4-6-15(23)19(13)24;1-4-25-16(24)9(6-20-12(7-22)8(2)3)14(23)13-10(17)5-11(18)15(19)21-13;7-1-2(8)4(6(12)13)11-5(10)3(1)9;7-2-1-3(8)5(9)10-4(2)6(11)12/h10-12,14-15,17,24H,9,13,16H2,1-8H3;10-11,13,17H,9,12H2,1-8H3;4-7,9,11,18,27H,8,10H2,1-3H3,(H,29,30);5-6,8,12,22-23H,4,7H2,1-3H3;(H,12,13);1H,(H,11,12)/t24-;17-;18-;12-;;/m1111../s1. The minimum Gasteiger partial charge on any atom is -0.505 e. The first-order valence-electron chi connectivity index (χ1n) is 46.1. The highest BCUT2D eigenvalue weighted by atomic mass is 35.5. The third kappa shape index (κ3) is 33.3. The van der Waals surface area contributed by atoms with Crippen LogP contribution in [0.3, 0.4) is 0 Å². The van der Waals surface area contributed by atoms with Crippen LogP contribution < -0.4 is 16.3 Å². The van der Waals surface area contributed by atoms with E-state index in [2.05, 4.69) is 130 Å². The number of rotatable bonds is 31. The van der Waals surface area contributed by atoms with E-state index in [4.69, 9.17) is 207 Å². The smallest absolute Gasteiger partial charge is 0.356 e. The van der Waals surface area contributed by atoms with Gasteiger partial charge in [0.1, 0.15) is 76.8 Å². The molecule has 0 aliphatic heterocycles. The Balaban J connectivity index is 0.000000285. The lowest BCUT2D eigenvalue weighted by molar-refractivity contribution is -0.137. The number of ether oxygens (including phenoxy) is 3. The molecule has 0 aliphatic rings. The Kier molecular flexibility index (Phi) is 49.2. The van der Waals surface area contributed by atoms with Gasteiger partial charge in [-0.05, 0) is 147 Å². The molecule has 0 radical (unpaired) electrons. The number of aliphatic hydroxyl groups excluding tert-OH is 3. The number of hydrogen-bond donors (Lipinski definition) is 6. The maximum atomic E-state index is 14.7. The van der Waals surface area contributed by atoms with Crippen molar-refractivity contribution in [2.45, 2.75) is 198 Å². The van der Waals surface area contributed by atoms with Gasteiger partial charge >= 0.3 is 35.8 Å². The van der Waals surface area contributed by atoms with Crippen LogP contribution >= 0.6 is 174 Å². The summed E-state index contributed by atoms with van der Waals surface area (Å²) in [6.07, 6.45) is 5.57. The molecule has 11 rings (SSSR count). The van der Waals surface area contributed by atoms with Gasteiger partial charge in [0, 0.05) is 43.3 Å². The summed E-state index contributed by atoms with van der Waals surface area (Å²) in [5, 5.41) is 56.3. The summed E-state index contributed by atoms with van der Waals surface area (Å²) in [5.41, 5.74) is -0.00727. The Morgan fingerprint density at radius 2 is 0.800 bits per heavy atom. The number of hydrogen-bond acceptors (Lipinski definition) is 24. The second-order valence-electron chi connectivity index (χ2n) is 37.9. The van der Waals surface area contributed by atoms with E-state index in [1.165, 1.54) is 42.9 Å². The van der Waals surface area contributed by atoms with Gasteiger partial charge in [0.05, 0.1) is 148 Å². The number of aromatic nitrogens is 9. The molecule has 0 spiro atoms. The minimum absolute atomic E-state index is 0.00432. The first kappa shape index (κ1) is 130. The minimum atomic E-state index is -2.10. The summed E-state index contributed by atoms with van der Waals surface area (Å²) in [4.78, 5) is 138. The lowest BCUT2D eigenvalue weighted by atomic mass is 10.0. The lowest BCUT2D eigenvalue weighted by Crippen LogP contribution is -2.42. The molecule has 0 saturated heterocycles. The fourth-order valence-corrected chi connectivity index (χ4v) is 18.3. The molecule has 2 aromatic carbocycles. The van der Waals surface area contributed by atoms with E-state index in [1.807, 2.05) is 36.8 Å². The number of carbonyl (C=O) groups is 6. The van der Waals surface area contributed by atoms with Gasteiger partial charge in [0.25, 0.3) is 0 Å². The zero-order chi connectivity index (χ0) is 114. The van der Waals surface area contributed by atoms with Crippen molar-refractivity contribution < 1.29 is 91.2 Å². The van der Waals surface area contributed by atoms with Gasteiger partial charge in [-0.15, -0.1) is 0 Å². The molecule has 9 heterocycles. The van der Waals surface area contributed by atoms with Crippen LogP contribution in [0.4, 0.5) is 8.78 Å². The Morgan fingerprint density at radius 1 is 0.427 bits per heavy atom. The van der Waals surface area contributed by atoms with Crippen LogP contribution in [0, 0.1) is 42.2 Å². The maximum absolute atomic E-state index is 14.7. The number of carbonyl (C=O) groups excluding carboxylic acids is 3. The molecule has 6 N–H and O–H groups in total. The van der Waals surface area contributed by atoms with Crippen molar-refractivity contribution >= 4 is 272 Å². The molecule has 0 unspecified atom stereocenters. The van der Waals surface area contributed by atoms with Gasteiger partial charge in [-0.2, -0.15) is 0 Å². The van der Waals surface area contributed by atoms with E-state index in [-0.39, 0.29) is 212 Å². The molecular formula is C101H113Cl15F2N10O20Si2. The van der Waals surface area contributed by atoms with Crippen LogP contribution in [-0.4, -0.2) is 185 Å². The average Bonchev–Trinajstić information content (AvgIpc) is 0.757. The number of nitrogens with zero attached hydrogens (tertiary/aromatic N) is 10. The Hall–Kier alpha value is -8.52. The van der Waals surface area contributed by atoms with Gasteiger partial charge in [-0.1, -0.05) is 295 Å². The van der Waals surface area contributed by atoms with E-state index in [9.17, 15) is 72.4 Å². The quantitative estimate of drug-likeness (QED) is 0.00447. The van der Waals surface area contributed by atoms with E-state index >= 15 is 0 Å². The summed E-state index contributed by atoms with van der Waals surface area (Å²) in [6, 6.07) is 15.6. The maximum Gasteiger partial charge on any atom is 0.356 e. The highest BCUT2D eigenvalue weighted by Crippen LogP contribution is 2.43.